The molecule has 0 saturated heterocycles. The Labute approximate surface area is 157 Å². The van der Waals surface area contributed by atoms with Crippen LogP contribution in [0.2, 0.25) is 0 Å². The van der Waals surface area contributed by atoms with Crippen LogP contribution in [0.25, 0.3) is 0 Å². The minimum Gasteiger partial charge on any atom is -0.326 e. The lowest BCUT2D eigenvalue weighted by atomic mass is 10.1. The van der Waals surface area contributed by atoms with Crippen LogP contribution >= 0.6 is 0 Å². The second-order valence-electron chi connectivity index (χ2n) is 6.28. The molecule has 2 rings (SSSR count). The van der Waals surface area contributed by atoms with E-state index in [1.165, 1.54) is 48.5 Å². The zero-order valence-corrected chi connectivity index (χ0v) is 15.8. The number of carbonyl (C=O) groups excluding carboxylic acids is 2. The average molecular weight is 392 g/mol. The highest BCUT2D eigenvalue weighted by Crippen LogP contribution is 2.15. The van der Waals surface area contributed by atoms with Crippen molar-refractivity contribution in [1.82, 2.24) is 4.72 Å². The van der Waals surface area contributed by atoms with Crippen molar-refractivity contribution in [3.63, 3.8) is 0 Å². The minimum absolute atomic E-state index is 0.0117. The first kappa shape index (κ1) is 20.7. The smallest absolute Gasteiger partial charge is 0.240 e. The Kier molecular flexibility index (Phi) is 6.81. The quantitative estimate of drug-likeness (QED) is 0.675. The third-order valence-electron chi connectivity index (χ3n) is 3.58. The first-order chi connectivity index (χ1) is 12.7. The van der Waals surface area contributed by atoms with Crippen LogP contribution in [0.3, 0.4) is 0 Å². The Balaban J connectivity index is 1.90. The van der Waals surface area contributed by atoms with E-state index in [1.54, 1.807) is 13.8 Å². The van der Waals surface area contributed by atoms with E-state index in [-0.39, 0.29) is 35.5 Å². The van der Waals surface area contributed by atoms with Crippen molar-refractivity contribution in [2.24, 2.45) is 0 Å². The van der Waals surface area contributed by atoms with E-state index < -0.39 is 15.8 Å². The molecule has 0 aliphatic carbocycles. The number of hydrogen-bond acceptors (Lipinski definition) is 4. The molecular weight excluding hydrogens is 371 g/mol. The van der Waals surface area contributed by atoms with Gasteiger partial charge in [0.05, 0.1) is 4.90 Å². The number of rotatable bonds is 8. The summed E-state index contributed by atoms with van der Waals surface area (Å²) in [5.74, 6) is -1.06. The number of halogens is 1. The topological polar surface area (TPSA) is 92.3 Å². The number of anilines is 1. The number of nitrogens with one attached hydrogen (secondary N) is 2. The monoisotopic (exact) mass is 392 g/mol. The van der Waals surface area contributed by atoms with E-state index in [2.05, 4.69) is 10.0 Å². The summed E-state index contributed by atoms with van der Waals surface area (Å²) in [6.07, 6.45) is -0.0482. The Morgan fingerprint density at radius 2 is 1.56 bits per heavy atom. The molecule has 8 heteroatoms. The first-order valence-electron chi connectivity index (χ1n) is 8.38. The molecule has 0 fully saturated rings. The van der Waals surface area contributed by atoms with Gasteiger partial charge in [0.1, 0.15) is 5.82 Å². The van der Waals surface area contributed by atoms with E-state index in [4.69, 9.17) is 0 Å². The highest BCUT2D eigenvalue weighted by Gasteiger charge is 2.15. The molecule has 1 amide bonds. The van der Waals surface area contributed by atoms with Gasteiger partial charge >= 0.3 is 0 Å². The van der Waals surface area contributed by atoms with E-state index in [0.717, 1.165) is 0 Å². The standard InChI is InChI=1S/C19H21FN2O4S/c1-13(2)22-27(25,26)17-9-7-16(8-10-17)21-19(24)12-11-18(23)14-3-5-15(20)6-4-14/h3-10,13,22H,11-12H2,1-2H3,(H,21,24). The van der Waals surface area contributed by atoms with Gasteiger partial charge in [0.2, 0.25) is 15.9 Å². The zero-order valence-electron chi connectivity index (χ0n) is 15.0. The Bertz CT molecular complexity index is 908. The van der Waals surface area contributed by atoms with Crippen LogP contribution in [0.15, 0.2) is 53.4 Å². The fraction of sp³-hybridized carbons (Fsp3) is 0.263. The van der Waals surface area contributed by atoms with Gasteiger partial charge < -0.3 is 5.32 Å². The minimum atomic E-state index is -3.59. The summed E-state index contributed by atoms with van der Waals surface area (Å²) in [5.41, 5.74) is 0.772. The molecule has 0 atom stereocenters. The number of ketones is 1. The molecule has 2 N–H and O–H groups in total. The molecule has 0 bridgehead atoms. The summed E-state index contributed by atoms with van der Waals surface area (Å²) in [6, 6.07) is 10.7. The molecule has 0 aromatic heterocycles. The molecule has 0 radical (unpaired) electrons. The van der Waals surface area contributed by atoms with Crippen molar-refractivity contribution in [3.05, 3.63) is 59.9 Å². The number of hydrogen-bond donors (Lipinski definition) is 2. The summed E-state index contributed by atoms with van der Waals surface area (Å²) in [4.78, 5) is 24.1. The van der Waals surface area contributed by atoms with Crippen molar-refractivity contribution < 1.29 is 22.4 Å². The van der Waals surface area contributed by atoms with Gasteiger partial charge in [-0.15, -0.1) is 0 Å². The predicted molar refractivity (Wildman–Crippen MR) is 100 cm³/mol. The number of amides is 1. The van der Waals surface area contributed by atoms with Crippen LogP contribution in [0.5, 0.6) is 0 Å². The van der Waals surface area contributed by atoms with Gasteiger partial charge in [-0.2, -0.15) is 0 Å². The molecule has 6 nitrogen and oxygen atoms in total. The maximum absolute atomic E-state index is 12.9. The molecule has 144 valence electrons. The van der Waals surface area contributed by atoms with E-state index in [1.807, 2.05) is 0 Å². The van der Waals surface area contributed by atoms with Crippen LogP contribution in [0.1, 0.15) is 37.0 Å². The maximum Gasteiger partial charge on any atom is 0.240 e. The van der Waals surface area contributed by atoms with Crippen LogP contribution in [-0.4, -0.2) is 26.2 Å². The summed E-state index contributed by atoms with van der Waals surface area (Å²) >= 11 is 0. The van der Waals surface area contributed by atoms with Gasteiger partial charge in [-0.25, -0.2) is 17.5 Å². The molecule has 0 heterocycles. The maximum atomic E-state index is 12.9. The second kappa shape index (κ2) is 8.88. The van der Waals surface area contributed by atoms with Gasteiger partial charge in [0, 0.05) is 30.1 Å². The summed E-state index contributed by atoms with van der Waals surface area (Å²) < 4.78 is 39.4. The molecule has 27 heavy (non-hydrogen) atoms. The molecule has 0 aliphatic rings. The van der Waals surface area contributed by atoms with Crippen molar-refractivity contribution in [1.29, 1.82) is 0 Å². The van der Waals surface area contributed by atoms with Gasteiger partial charge in [0.25, 0.3) is 0 Å². The Morgan fingerprint density at radius 3 is 2.11 bits per heavy atom. The SMILES string of the molecule is CC(C)NS(=O)(=O)c1ccc(NC(=O)CCC(=O)c2ccc(F)cc2)cc1. The fourth-order valence-corrected chi connectivity index (χ4v) is 3.58. The lowest BCUT2D eigenvalue weighted by molar-refractivity contribution is -0.116. The van der Waals surface area contributed by atoms with Crippen LogP contribution < -0.4 is 10.0 Å². The lowest BCUT2D eigenvalue weighted by Crippen LogP contribution is -2.30. The second-order valence-corrected chi connectivity index (χ2v) is 7.99. The third-order valence-corrected chi connectivity index (χ3v) is 5.26. The number of Topliss-reactive ketones (excluding diaryl/α,β-unsaturated/α-hetero) is 1. The van der Waals surface area contributed by atoms with E-state index >= 15 is 0 Å². The van der Waals surface area contributed by atoms with E-state index in [0.29, 0.717) is 11.3 Å². The Morgan fingerprint density at radius 1 is 0.963 bits per heavy atom. The largest absolute Gasteiger partial charge is 0.326 e. The van der Waals surface area contributed by atoms with Gasteiger partial charge in [-0.3, -0.25) is 9.59 Å². The van der Waals surface area contributed by atoms with Crippen LogP contribution in [0.4, 0.5) is 10.1 Å². The fourth-order valence-electron chi connectivity index (χ4n) is 2.33. The van der Waals surface area contributed by atoms with Gasteiger partial charge in [-0.05, 0) is 62.4 Å². The Hall–Kier alpha value is -2.58. The van der Waals surface area contributed by atoms with Crippen molar-refractivity contribution >= 4 is 27.4 Å². The third kappa shape index (κ3) is 6.26. The van der Waals surface area contributed by atoms with Crippen molar-refractivity contribution in [3.8, 4) is 0 Å². The number of benzene rings is 2. The number of carbonyl (C=O) groups is 2. The molecule has 0 aliphatic heterocycles. The summed E-state index contributed by atoms with van der Waals surface area (Å²) in [7, 11) is -3.59. The highest BCUT2D eigenvalue weighted by atomic mass is 32.2. The molecule has 2 aromatic carbocycles. The molecular formula is C19H21FN2O4S. The lowest BCUT2D eigenvalue weighted by Gasteiger charge is -2.10. The first-order valence-corrected chi connectivity index (χ1v) is 9.87. The molecule has 0 spiro atoms. The van der Waals surface area contributed by atoms with Gasteiger partial charge in [-0.1, -0.05) is 0 Å². The molecule has 0 saturated carbocycles. The van der Waals surface area contributed by atoms with Crippen LogP contribution in [-0.2, 0) is 14.8 Å². The van der Waals surface area contributed by atoms with Gasteiger partial charge in [0.15, 0.2) is 5.78 Å². The average Bonchev–Trinajstić information content (AvgIpc) is 2.59. The molecule has 2 aromatic rings. The van der Waals surface area contributed by atoms with Crippen molar-refractivity contribution in [2.75, 3.05) is 5.32 Å². The molecule has 0 unspecified atom stereocenters. The summed E-state index contributed by atoms with van der Waals surface area (Å²) in [5, 5.41) is 2.61. The normalized spacial score (nSPS) is 11.4. The summed E-state index contributed by atoms with van der Waals surface area (Å²) in [6.45, 7) is 3.44. The highest BCUT2D eigenvalue weighted by molar-refractivity contribution is 7.89. The predicted octanol–water partition coefficient (Wildman–Crippen LogP) is 3.11. The van der Waals surface area contributed by atoms with Crippen molar-refractivity contribution in [2.45, 2.75) is 37.6 Å². The number of sulfonamides is 1. The van der Waals surface area contributed by atoms with Crippen LogP contribution in [0, 0.1) is 5.82 Å². The van der Waals surface area contributed by atoms with E-state index in [9.17, 15) is 22.4 Å². The zero-order chi connectivity index (χ0) is 20.0.